The first kappa shape index (κ1) is 22.7. The van der Waals surface area contributed by atoms with Crippen molar-refractivity contribution in [2.45, 2.75) is 71.6 Å². The molecule has 0 fully saturated rings. The van der Waals surface area contributed by atoms with E-state index in [0.717, 1.165) is 11.1 Å². The molecule has 2 rings (SSSR count). The molecular weight excluding hydrogens is 366 g/mol. The van der Waals surface area contributed by atoms with Crippen molar-refractivity contribution in [1.29, 1.82) is 0 Å². The molecule has 158 valence electrons. The highest BCUT2D eigenvalue weighted by Gasteiger charge is 2.30. The summed E-state index contributed by atoms with van der Waals surface area (Å²) in [6, 6.07) is 8.86. The maximum atomic E-state index is 11.4. The maximum Gasteiger partial charge on any atom is 0.161 e. The summed E-state index contributed by atoms with van der Waals surface area (Å²) in [6.45, 7) is 16.4. The van der Waals surface area contributed by atoms with Crippen LogP contribution in [0.25, 0.3) is 0 Å². The second-order valence-electron chi connectivity index (χ2n) is 10.3. The quantitative estimate of drug-likeness (QED) is 0.566. The molecule has 0 radical (unpaired) electrons. The van der Waals surface area contributed by atoms with E-state index in [0.29, 0.717) is 11.3 Å². The first-order chi connectivity index (χ1) is 13.2. The molecule has 0 aliphatic heterocycles. The average Bonchev–Trinajstić information content (AvgIpc) is 2.58. The smallest absolute Gasteiger partial charge is 0.161 e. The minimum atomic E-state index is -0.633. The number of ether oxygens (including phenoxy) is 1. The number of aromatic hydroxyl groups is 2. The third-order valence-electron chi connectivity index (χ3n) is 5.19. The first-order valence-corrected chi connectivity index (χ1v) is 9.84. The molecule has 0 bridgehead atoms. The van der Waals surface area contributed by atoms with Crippen LogP contribution >= 0.6 is 0 Å². The third-order valence-corrected chi connectivity index (χ3v) is 5.19. The minimum absolute atomic E-state index is 0.0271. The van der Waals surface area contributed by atoms with E-state index in [2.05, 4.69) is 25.9 Å². The van der Waals surface area contributed by atoms with Gasteiger partial charge < -0.3 is 14.9 Å². The van der Waals surface area contributed by atoms with Crippen molar-refractivity contribution in [3.63, 3.8) is 0 Å². The summed E-state index contributed by atoms with van der Waals surface area (Å²) in [5.41, 5.74) is 1.68. The predicted molar refractivity (Wildman–Crippen MR) is 118 cm³/mol. The molecular formula is C24H33NO4. The summed E-state index contributed by atoms with van der Waals surface area (Å²) in [5.74, 6) is 0.323. The van der Waals surface area contributed by atoms with E-state index in [1.807, 2.05) is 52.8 Å². The highest BCUT2D eigenvalue weighted by Crippen LogP contribution is 2.42. The molecule has 5 heteroatoms. The molecule has 0 atom stereocenters. The van der Waals surface area contributed by atoms with Crippen LogP contribution in [0, 0.1) is 4.91 Å². The molecule has 0 aliphatic carbocycles. The number of nitrogens with zero attached hydrogens (tertiary/aromatic N) is 1. The van der Waals surface area contributed by atoms with E-state index in [-0.39, 0.29) is 34.6 Å². The van der Waals surface area contributed by atoms with Crippen LogP contribution in [0.15, 0.2) is 35.5 Å². The van der Waals surface area contributed by atoms with E-state index < -0.39 is 5.41 Å². The van der Waals surface area contributed by atoms with Crippen molar-refractivity contribution >= 4 is 5.69 Å². The van der Waals surface area contributed by atoms with E-state index in [1.54, 1.807) is 12.1 Å². The van der Waals surface area contributed by atoms with Crippen LogP contribution in [0.2, 0.25) is 0 Å². The van der Waals surface area contributed by atoms with Gasteiger partial charge in [0.05, 0.1) is 6.61 Å². The van der Waals surface area contributed by atoms with Gasteiger partial charge in [-0.05, 0) is 50.9 Å². The van der Waals surface area contributed by atoms with Crippen molar-refractivity contribution in [1.82, 2.24) is 0 Å². The van der Waals surface area contributed by atoms with Gasteiger partial charge in [0.15, 0.2) is 17.2 Å². The molecule has 2 aromatic carbocycles. The molecule has 0 heterocycles. The highest BCUT2D eigenvalue weighted by molar-refractivity contribution is 5.62. The van der Waals surface area contributed by atoms with Crippen molar-refractivity contribution in [2.24, 2.45) is 5.18 Å². The average molecular weight is 400 g/mol. The van der Waals surface area contributed by atoms with Gasteiger partial charge >= 0.3 is 0 Å². The van der Waals surface area contributed by atoms with Crippen LogP contribution in [0.3, 0.4) is 0 Å². The zero-order chi connectivity index (χ0) is 22.2. The van der Waals surface area contributed by atoms with Gasteiger partial charge in [-0.1, -0.05) is 67.5 Å². The molecule has 0 amide bonds. The standard InChI is InChI=1S/C24H33NO4/c1-22(2,3)15-9-10-18(26)20(13-15)29-14-24(7,8)17-11-16(23(4,5)6)12-19(27)21(17)25-28/h9-13,26-27H,14H2,1-8H3. The predicted octanol–water partition coefficient (Wildman–Crippen LogP) is 6.45. The Balaban J connectivity index is 2.42. The van der Waals surface area contributed by atoms with Crippen molar-refractivity contribution in [3.05, 3.63) is 51.9 Å². The Morgan fingerprint density at radius 3 is 1.93 bits per heavy atom. The lowest BCUT2D eigenvalue weighted by Gasteiger charge is -2.29. The van der Waals surface area contributed by atoms with Gasteiger partial charge in [-0.2, -0.15) is 0 Å². The fourth-order valence-corrected chi connectivity index (χ4v) is 3.10. The van der Waals surface area contributed by atoms with Gasteiger partial charge in [0, 0.05) is 5.41 Å². The van der Waals surface area contributed by atoms with Crippen LogP contribution in [0.1, 0.15) is 72.1 Å². The lowest BCUT2D eigenvalue weighted by Crippen LogP contribution is -2.27. The first-order valence-electron chi connectivity index (χ1n) is 9.84. The number of rotatable bonds is 5. The van der Waals surface area contributed by atoms with Gasteiger partial charge in [-0.15, -0.1) is 4.91 Å². The van der Waals surface area contributed by atoms with Gasteiger partial charge in [0.1, 0.15) is 5.75 Å². The Morgan fingerprint density at radius 2 is 1.41 bits per heavy atom. The van der Waals surface area contributed by atoms with Crippen LogP contribution in [0.5, 0.6) is 17.2 Å². The van der Waals surface area contributed by atoms with Crippen LogP contribution in [-0.4, -0.2) is 16.8 Å². The normalized spacial score (nSPS) is 12.7. The molecule has 0 aliphatic rings. The monoisotopic (exact) mass is 399 g/mol. The van der Waals surface area contributed by atoms with E-state index in [1.165, 1.54) is 0 Å². The zero-order valence-corrected chi connectivity index (χ0v) is 18.8. The summed E-state index contributed by atoms with van der Waals surface area (Å²) in [5, 5.41) is 23.7. The number of hydrogen-bond acceptors (Lipinski definition) is 5. The lowest BCUT2D eigenvalue weighted by atomic mass is 9.79. The van der Waals surface area contributed by atoms with Crippen molar-refractivity contribution in [2.75, 3.05) is 6.61 Å². The molecule has 0 saturated heterocycles. The van der Waals surface area contributed by atoms with Crippen molar-refractivity contribution < 1.29 is 14.9 Å². The van der Waals surface area contributed by atoms with Gasteiger partial charge in [-0.25, -0.2) is 0 Å². The Hall–Kier alpha value is -2.56. The number of phenolic OH excluding ortho intramolecular Hbond substituents is 2. The largest absolute Gasteiger partial charge is 0.506 e. The SMILES string of the molecule is CC(C)(C)c1ccc(O)c(OCC(C)(C)c2cc(C(C)(C)C)cc(O)c2N=O)c1. The summed E-state index contributed by atoms with van der Waals surface area (Å²) in [6.07, 6.45) is 0. The Bertz CT molecular complexity index is 902. The van der Waals surface area contributed by atoms with Gasteiger partial charge in [0.25, 0.3) is 0 Å². The van der Waals surface area contributed by atoms with Gasteiger partial charge in [0.2, 0.25) is 0 Å². The molecule has 5 nitrogen and oxygen atoms in total. The molecule has 0 saturated carbocycles. The third kappa shape index (κ3) is 5.08. The molecule has 29 heavy (non-hydrogen) atoms. The summed E-state index contributed by atoms with van der Waals surface area (Å²) in [4.78, 5) is 11.4. The summed E-state index contributed by atoms with van der Waals surface area (Å²) in [7, 11) is 0. The second-order valence-corrected chi connectivity index (χ2v) is 10.3. The van der Waals surface area contributed by atoms with Crippen LogP contribution < -0.4 is 4.74 Å². The molecule has 0 aromatic heterocycles. The number of nitroso groups, excluding NO2 is 1. The molecule has 0 unspecified atom stereocenters. The lowest BCUT2D eigenvalue weighted by molar-refractivity contribution is 0.231. The number of hydrogen-bond donors (Lipinski definition) is 2. The fraction of sp³-hybridized carbons (Fsp3) is 0.500. The fourth-order valence-electron chi connectivity index (χ4n) is 3.10. The molecule has 2 aromatic rings. The van der Waals surface area contributed by atoms with Crippen molar-refractivity contribution in [3.8, 4) is 17.2 Å². The van der Waals surface area contributed by atoms with Crippen LogP contribution in [-0.2, 0) is 16.2 Å². The molecule has 2 N–H and O–H groups in total. The van der Waals surface area contributed by atoms with Crippen LogP contribution in [0.4, 0.5) is 5.69 Å². The topological polar surface area (TPSA) is 79.1 Å². The summed E-state index contributed by atoms with van der Waals surface area (Å²) < 4.78 is 5.98. The number of benzene rings is 2. The Labute approximate surface area is 173 Å². The second kappa shape index (κ2) is 7.69. The van der Waals surface area contributed by atoms with E-state index >= 15 is 0 Å². The van der Waals surface area contributed by atoms with E-state index in [4.69, 9.17) is 4.74 Å². The van der Waals surface area contributed by atoms with E-state index in [9.17, 15) is 15.1 Å². The highest BCUT2D eigenvalue weighted by atomic mass is 16.5. The zero-order valence-electron chi connectivity index (χ0n) is 18.8. The summed E-state index contributed by atoms with van der Waals surface area (Å²) >= 11 is 0. The molecule has 0 spiro atoms. The Morgan fingerprint density at radius 1 is 0.828 bits per heavy atom. The maximum absolute atomic E-state index is 11.4. The number of phenols is 2. The van der Waals surface area contributed by atoms with Gasteiger partial charge in [-0.3, -0.25) is 0 Å². The Kier molecular flexibility index (Phi) is 6.03. The minimum Gasteiger partial charge on any atom is -0.506 e.